The van der Waals surface area contributed by atoms with Crippen LogP contribution in [-0.4, -0.2) is 57.2 Å². The molecule has 0 unspecified atom stereocenters. The fraction of sp³-hybridized carbons (Fsp3) is 0.700. The number of piperidine rings is 1. The predicted molar refractivity (Wildman–Crippen MR) is 90.8 cm³/mol. The summed E-state index contributed by atoms with van der Waals surface area (Å²) >= 11 is 0. The Kier molecular flexibility index (Phi) is 2.06. The number of nitrogens with zero attached hydrogens (tertiary/aromatic N) is 1. The van der Waals surface area contributed by atoms with E-state index in [2.05, 4.69) is 4.90 Å². The van der Waals surface area contributed by atoms with Gasteiger partial charge in [-0.3, -0.25) is 4.90 Å². The molecule has 1 aromatic rings. The minimum atomic E-state index is -1.85. The first-order chi connectivity index (χ1) is 13.6. The van der Waals surface area contributed by atoms with E-state index in [4.69, 9.17) is 10.2 Å². The molecule has 1 spiro atoms. The Morgan fingerprint density at radius 3 is 2.96 bits per heavy atom. The van der Waals surface area contributed by atoms with E-state index in [-0.39, 0.29) is 18.3 Å². The second-order valence-electron chi connectivity index (χ2n) is 8.29. The molecule has 6 rings (SSSR count). The Morgan fingerprint density at radius 2 is 2.16 bits per heavy atom. The van der Waals surface area contributed by atoms with Crippen LogP contribution in [0.3, 0.4) is 0 Å². The van der Waals surface area contributed by atoms with Crippen molar-refractivity contribution in [1.29, 1.82) is 0 Å². The maximum absolute atomic E-state index is 12.1. The lowest BCUT2D eigenvalue weighted by Crippen LogP contribution is -2.77. The Hall–Kier alpha value is -1.30. The Balaban J connectivity index is 1.46. The Bertz CT molecular complexity index is 912. The van der Waals surface area contributed by atoms with Crippen LogP contribution in [0.5, 0.6) is 11.5 Å². The van der Waals surface area contributed by atoms with Crippen molar-refractivity contribution in [2.24, 2.45) is 5.92 Å². The molecule has 5 heteroatoms. The summed E-state index contributed by atoms with van der Waals surface area (Å²) in [6.07, 6.45) is -3.21. The van der Waals surface area contributed by atoms with Crippen molar-refractivity contribution in [3.05, 3.63) is 23.3 Å². The summed E-state index contributed by atoms with van der Waals surface area (Å²) in [5.41, 5.74) is -0.155. The van der Waals surface area contributed by atoms with Crippen LogP contribution < -0.4 is 4.74 Å². The monoisotopic (exact) mass is 347 g/mol. The standard InChI is InChI=1S/C20H25NO4/c22-13-4-3-12-9-15-20(24)6-5-14(23)18-19(20,16(12)17(13)25-18)7-8-21(15)10-11-1-2-11/h3-4,11,14-15,18,22-24H,1-2,5-10H2/t14-,15-,18+,19+,20-/m1/s1/i1D2,2D2. The third-order valence-corrected chi connectivity index (χ3v) is 7.31. The predicted octanol–water partition coefficient (Wildman–Crippen LogP) is 1.32. The van der Waals surface area contributed by atoms with E-state index in [0.29, 0.717) is 38.0 Å². The second kappa shape index (κ2) is 4.51. The number of phenols is 1. The molecule has 5 nitrogen and oxygen atoms in total. The van der Waals surface area contributed by atoms with Crippen LogP contribution in [0.2, 0.25) is 0 Å². The van der Waals surface area contributed by atoms with Gasteiger partial charge >= 0.3 is 0 Å². The van der Waals surface area contributed by atoms with Gasteiger partial charge in [0.15, 0.2) is 11.5 Å². The minimum Gasteiger partial charge on any atom is -0.504 e. The van der Waals surface area contributed by atoms with Gasteiger partial charge in [-0.05, 0) is 62.5 Å². The van der Waals surface area contributed by atoms with E-state index >= 15 is 0 Å². The first-order valence-corrected chi connectivity index (χ1v) is 9.22. The number of hydrogen-bond donors (Lipinski definition) is 3. The highest BCUT2D eigenvalue weighted by molar-refractivity contribution is 5.62. The number of hydrogen-bond acceptors (Lipinski definition) is 5. The summed E-state index contributed by atoms with van der Waals surface area (Å²) in [6, 6.07) is 3.15. The maximum Gasteiger partial charge on any atom is 0.165 e. The molecule has 0 aromatic heterocycles. The number of aliphatic hydroxyl groups excluding tert-OH is 1. The largest absolute Gasteiger partial charge is 0.504 e. The van der Waals surface area contributed by atoms with Crippen LogP contribution in [0.15, 0.2) is 12.1 Å². The lowest BCUT2D eigenvalue weighted by Gasteiger charge is -2.63. The molecule has 1 saturated heterocycles. The van der Waals surface area contributed by atoms with Crippen molar-refractivity contribution < 1.29 is 25.5 Å². The van der Waals surface area contributed by atoms with Crippen LogP contribution in [0.25, 0.3) is 0 Å². The molecule has 134 valence electrons. The minimum absolute atomic E-state index is 0.0299. The molecule has 1 aromatic carbocycles. The molecule has 25 heavy (non-hydrogen) atoms. The summed E-state index contributed by atoms with van der Waals surface area (Å²) in [6.45, 7) is 0.828. The molecule has 3 N–H and O–H groups in total. The number of phenolic OH excluding ortho intramolecular Hbond substituents is 1. The normalized spacial score (nSPS) is 50.7. The number of aromatic hydroxyl groups is 1. The summed E-state index contributed by atoms with van der Waals surface area (Å²) in [5.74, 6) is -0.301. The molecule has 2 bridgehead atoms. The van der Waals surface area contributed by atoms with Crippen molar-refractivity contribution in [3.63, 3.8) is 0 Å². The molecule has 2 aliphatic heterocycles. The molecule has 5 atom stereocenters. The van der Waals surface area contributed by atoms with Crippen LogP contribution in [0.1, 0.15) is 48.6 Å². The van der Waals surface area contributed by atoms with Gasteiger partial charge < -0.3 is 20.1 Å². The molecular weight excluding hydrogens is 318 g/mol. The van der Waals surface area contributed by atoms with Gasteiger partial charge in [-0.15, -0.1) is 0 Å². The van der Waals surface area contributed by atoms with Gasteiger partial charge in [-0.1, -0.05) is 6.07 Å². The molecular formula is C20H25NO4. The number of ether oxygens (including phenoxy) is 1. The van der Waals surface area contributed by atoms with Gasteiger partial charge in [-0.25, -0.2) is 0 Å². The molecule has 5 aliphatic rings. The summed E-state index contributed by atoms with van der Waals surface area (Å²) < 4.78 is 37.9. The number of aliphatic hydroxyl groups is 2. The zero-order valence-electron chi connectivity index (χ0n) is 17.9. The average Bonchev–Trinajstić information content (AvgIpc) is 2.93. The summed E-state index contributed by atoms with van der Waals surface area (Å²) in [4.78, 5) is 2.06. The lowest BCUT2D eigenvalue weighted by molar-refractivity contribution is -0.208. The number of benzene rings is 1. The molecule has 2 heterocycles. The van der Waals surface area contributed by atoms with E-state index < -0.39 is 41.9 Å². The van der Waals surface area contributed by atoms with Gasteiger partial charge in [-0.2, -0.15) is 0 Å². The third kappa shape index (κ3) is 1.61. The summed E-state index contributed by atoms with van der Waals surface area (Å²) in [5, 5.41) is 33.2. The fourth-order valence-corrected chi connectivity index (χ4v) is 6.21. The van der Waals surface area contributed by atoms with E-state index in [1.165, 1.54) is 0 Å². The van der Waals surface area contributed by atoms with Crippen LogP contribution >= 0.6 is 0 Å². The van der Waals surface area contributed by atoms with Gasteiger partial charge in [0.1, 0.15) is 6.10 Å². The topological polar surface area (TPSA) is 73.2 Å². The first-order valence-electron chi connectivity index (χ1n) is 11.2. The number of rotatable bonds is 2. The zero-order valence-corrected chi connectivity index (χ0v) is 13.9. The summed E-state index contributed by atoms with van der Waals surface area (Å²) in [7, 11) is 0. The van der Waals surface area contributed by atoms with E-state index in [1.807, 2.05) is 6.07 Å². The average molecular weight is 347 g/mol. The molecule has 3 aliphatic carbocycles. The smallest absolute Gasteiger partial charge is 0.165 e. The van der Waals surface area contributed by atoms with Crippen molar-refractivity contribution in [2.75, 3.05) is 13.1 Å². The Morgan fingerprint density at radius 1 is 1.32 bits per heavy atom. The molecule has 2 saturated carbocycles. The van der Waals surface area contributed by atoms with Crippen molar-refractivity contribution >= 4 is 0 Å². The lowest BCUT2D eigenvalue weighted by atomic mass is 9.48. The van der Waals surface area contributed by atoms with Crippen LogP contribution in [-0.2, 0) is 11.8 Å². The van der Waals surface area contributed by atoms with Gasteiger partial charge in [0.2, 0.25) is 0 Å². The van der Waals surface area contributed by atoms with Gasteiger partial charge in [0, 0.05) is 23.6 Å². The Labute approximate surface area is 152 Å². The highest BCUT2D eigenvalue weighted by atomic mass is 16.5. The SMILES string of the molecule is [2H]C1([2H])C(CN2CC[C@]34c5c6ccc(O)c5O[C@H]3[C@H](O)CC[C@@]4(O)[C@H]2C6)C1([2H])[2H]. The maximum atomic E-state index is 12.1. The fourth-order valence-electron chi connectivity index (χ4n) is 6.21. The van der Waals surface area contributed by atoms with Crippen molar-refractivity contribution in [3.8, 4) is 11.5 Å². The van der Waals surface area contributed by atoms with Gasteiger partial charge in [0.25, 0.3) is 0 Å². The quantitative estimate of drug-likeness (QED) is 0.752. The number of likely N-dealkylation sites (tertiary alicyclic amines) is 1. The third-order valence-electron chi connectivity index (χ3n) is 7.31. The molecule has 0 radical (unpaired) electrons. The molecule has 0 amide bonds. The zero-order chi connectivity index (χ0) is 20.6. The van der Waals surface area contributed by atoms with E-state index in [9.17, 15) is 15.3 Å². The van der Waals surface area contributed by atoms with E-state index in [1.54, 1.807) is 6.07 Å². The van der Waals surface area contributed by atoms with Crippen molar-refractivity contribution in [2.45, 2.75) is 67.7 Å². The highest BCUT2D eigenvalue weighted by Crippen LogP contribution is 2.65. The first kappa shape index (κ1) is 11.4. The molecule has 3 fully saturated rings. The van der Waals surface area contributed by atoms with Crippen LogP contribution in [0, 0.1) is 5.92 Å². The van der Waals surface area contributed by atoms with Crippen LogP contribution in [0.4, 0.5) is 0 Å². The van der Waals surface area contributed by atoms with E-state index in [0.717, 1.165) is 11.1 Å². The van der Waals surface area contributed by atoms with Gasteiger partial charge in [0.05, 0.1) is 17.1 Å². The highest BCUT2D eigenvalue weighted by Gasteiger charge is 2.72. The van der Waals surface area contributed by atoms with Crippen molar-refractivity contribution in [1.82, 2.24) is 4.90 Å². The second-order valence-corrected chi connectivity index (χ2v) is 8.29.